The highest BCUT2D eigenvalue weighted by Crippen LogP contribution is 2.14. The summed E-state index contributed by atoms with van der Waals surface area (Å²) in [6.45, 7) is 4.16. The monoisotopic (exact) mass is 287 g/mol. The number of nitrogens with one attached hydrogen (secondary N) is 1. The summed E-state index contributed by atoms with van der Waals surface area (Å²) in [5, 5.41) is 15.7. The second kappa shape index (κ2) is 6.21. The zero-order valence-electron chi connectivity index (χ0n) is 12.0. The highest BCUT2D eigenvalue weighted by Gasteiger charge is 2.11. The van der Waals surface area contributed by atoms with Crippen molar-refractivity contribution in [2.75, 3.05) is 5.32 Å². The first-order chi connectivity index (χ1) is 9.95. The van der Waals surface area contributed by atoms with Crippen LogP contribution < -0.4 is 5.32 Å². The minimum Gasteiger partial charge on any atom is -0.477 e. The third-order valence-corrected chi connectivity index (χ3v) is 2.99. The fourth-order valence-corrected chi connectivity index (χ4v) is 2.17. The largest absolute Gasteiger partial charge is 0.477 e. The van der Waals surface area contributed by atoms with Gasteiger partial charge in [-0.15, -0.1) is 0 Å². The summed E-state index contributed by atoms with van der Waals surface area (Å²) in [6, 6.07) is 7.21. The number of benzene rings is 1. The SMILES string of the molecule is Cc1cc(C)cc(NC(=O)CCn2nccc2C(=O)O)c1. The number of hydrogen-bond acceptors (Lipinski definition) is 3. The van der Waals surface area contributed by atoms with Gasteiger partial charge in [0.1, 0.15) is 5.69 Å². The quantitative estimate of drug-likeness (QED) is 0.883. The lowest BCUT2D eigenvalue weighted by molar-refractivity contribution is -0.116. The Bertz CT molecular complexity index is 656. The van der Waals surface area contributed by atoms with Crippen LogP contribution in [0.3, 0.4) is 0 Å². The standard InChI is InChI=1S/C15H17N3O3/c1-10-7-11(2)9-12(8-10)17-14(19)4-6-18-13(15(20)21)3-5-16-18/h3,5,7-9H,4,6H2,1-2H3,(H,17,19)(H,20,21). The van der Waals surface area contributed by atoms with Crippen LogP contribution in [-0.4, -0.2) is 26.8 Å². The molecule has 6 nitrogen and oxygen atoms in total. The molecule has 0 saturated heterocycles. The van der Waals surface area contributed by atoms with Crippen LogP contribution in [0.15, 0.2) is 30.5 Å². The third-order valence-electron chi connectivity index (χ3n) is 2.99. The Balaban J connectivity index is 1.96. The van der Waals surface area contributed by atoms with Crippen molar-refractivity contribution in [2.24, 2.45) is 0 Å². The molecule has 1 heterocycles. The van der Waals surface area contributed by atoms with Crippen molar-refractivity contribution in [1.29, 1.82) is 0 Å². The Morgan fingerprint density at radius 3 is 2.52 bits per heavy atom. The van der Waals surface area contributed by atoms with Crippen LogP contribution in [-0.2, 0) is 11.3 Å². The van der Waals surface area contributed by atoms with E-state index in [4.69, 9.17) is 5.11 Å². The Labute approximate surface area is 122 Å². The lowest BCUT2D eigenvalue weighted by atomic mass is 10.1. The zero-order valence-corrected chi connectivity index (χ0v) is 12.0. The fourth-order valence-electron chi connectivity index (χ4n) is 2.17. The number of aryl methyl sites for hydroxylation is 3. The van der Waals surface area contributed by atoms with E-state index in [0.717, 1.165) is 16.8 Å². The molecular weight excluding hydrogens is 270 g/mol. The van der Waals surface area contributed by atoms with Crippen molar-refractivity contribution in [3.8, 4) is 0 Å². The molecule has 21 heavy (non-hydrogen) atoms. The van der Waals surface area contributed by atoms with Crippen LogP contribution in [0, 0.1) is 13.8 Å². The Morgan fingerprint density at radius 2 is 1.90 bits per heavy atom. The molecule has 0 aliphatic carbocycles. The number of carboxylic acids is 1. The Kier molecular flexibility index (Phi) is 4.37. The molecule has 0 atom stereocenters. The molecule has 2 aromatic rings. The van der Waals surface area contributed by atoms with Crippen molar-refractivity contribution in [3.05, 3.63) is 47.3 Å². The molecule has 0 fully saturated rings. The van der Waals surface area contributed by atoms with E-state index in [0.29, 0.717) is 0 Å². The number of carbonyl (C=O) groups is 2. The van der Waals surface area contributed by atoms with E-state index < -0.39 is 5.97 Å². The highest BCUT2D eigenvalue weighted by atomic mass is 16.4. The zero-order chi connectivity index (χ0) is 15.4. The van der Waals surface area contributed by atoms with Crippen molar-refractivity contribution in [1.82, 2.24) is 9.78 Å². The molecule has 0 radical (unpaired) electrons. The molecule has 1 aromatic carbocycles. The number of amides is 1. The molecule has 1 aromatic heterocycles. The van der Waals surface area contributed by atoms with E-state index in [1.807, 2.05) is 32.0 Å². The van der Waals surface area contributed by atoms with Gasteiger partial charge in [-0.2, -0.15) is 5.10 Å². The average Bonchev–Trinajstić information content (AvgIpc) is 2.83. The number of rotatable bonds is 5. The number of carboxylic acid groups (broad SMARTS) is 1. The van der Waals surface area contributed by atoms with Crippen LogP contribution in [0.25, 0.3) is 0 Å². The Morgan fingerprint density at radius 1 is 1.24 bits per heavy atom. The molecule has 0 aliphatic rings. The molecule has 2 N–H and O–H groups in total. The van der Waals surface area contributed by atoms with E-state index in [1.165, 1.54) is 16.9 Å². The molecule has 0 spiro atoms. The van der Waals surface area contributed by atoms with Crippen molar-refractivity contribution in [3.63, 3.8) is 0 Å². The summed E-state index contributed by atoms with van der Waals surface area (Å²) in [6.07, 6.45) is 1.57. The maximum atomic E-state index is 11.9. The smallest absolute Gasteiger partial charge is 0.354 e. The molecule has 0 unspecified atom stereocenters. The summed E-state index contributed by atoms with van der Waals surface area (Å²) in [7, 11) is 0. The van der Waals surface area contributed by atoms with Gasteiger partial charge in [-0.1, -0.05) is 6.07 Å². The molecule has 0 aliphatic heterocycles. The van der Waals surface area contributed by atoms with Gasteiger partial charge >= 0.3 is 5.97 Å². The van der Waals surface area contributed by atoms with E-state index in [2.05, 4.69) is 10.4 Å². The number of hydrogen-bond donors (Lipinski definition) is 2. The van der Waals surface area contributed by atoms with Gasteiger partial charge in [0.25, 0.3) is 0 Å². The molecule has 0 saturated carbocycles. The number of anilines is 1. The van der Waals surface area contributed by atoms with Crippen LogP contribution in [0.1, 0.15) is 28.0 Å². The van der Waals surface area contributed by atoms with E-state index in [9.17, 15) is 9.59 Å². The second-order valence-corrected chi connectivity index (χ2v) is 4.92. The lowest BCUT2D eigenvalue weighted by Gasteiger charge is -2.08. The van der Waals surface area contributed by atoms with Crippen LogP contribution in [0.5, 0.6) is 0 Å². The minimum atomic E-state index is -1.05. The summed E-state index contributed by atoms with van der Waals surface area (Å²) < 4.78 is 1.31. The van der Waals surface area contributed by atoms with Gasteiger partial charge in [-0.05, 0) is 43.2 Å². The van der Waals surface area contributed by atoms with Gasteiger partial charge < -0.3 is 10.4 Å². The van der Waals surface area contributed by atoms with Crippen LogP contribution in [0.4, 0.5) is 5.69 Å². The van der Waals surface area contributed by atoms with E-state index in [-0.39, 0.29) is 24.6 Å². The van der Waals surface area contributed by atoms with E-state index >= 15 is 0 Å². The number of carbonyl (C=O) groups excluding carboxylic acids is 1. The highest BCUT2D eigenvalue weighted by molar-refractivity contribution is 5.91. The molecule has 6 heteroatoms. The van der Waals surface area contributed by atoms with Gasteiger partial charge in [0.05, 0.1) is 6.54 Å². The predicted octanol–water partition coefficient (Wildman–Crippen LogP) is 2.23. The van der Waals surface area contributed by atoms with Crippen LogP contribution in [0.2, 0.25) is 0 Å². The summed E-state index contributed by atoms with van der Waals surface area (Å²) in [5.74, 6) is -1.23. The van der Waals surface area contributed by atoms with Gasteiger partial charge in [0, 0.05) is 18.3 Å². The normalized spacial score (nSPS) is 10.4. The number of aromatic nitrogens is 2. The maximum Gasteiger partial charge on any atom is 0.354 e. The Hall–Kier alpha value is -2.63. The molecule has 0 bridgehead atoms. The molecule has 2 rings (SSSR count). The molecular formula is C15H17N3O3. The third kappa shape index (κ3) is 3.92. The van der Waals surface area contributed by atoms with Gasteiger partial charge in [0.15, 0.2) is 0 Å². The maximum absolute atomic E-state index is 11.9. The first-order valence-electron chi connectivity index (χ1n) is 6.59. The number of nitrogens with zero attached hydrogens (tertiary/aromatic N) is 2. The van der Waals surface area contributed by atoms with Gasteiger partial charge in [0.2, 0.25) is 5.91 Å². The van der Waals surface area contributed by atoms with Crippen LogP contribution >= 0.6 is 0 Å². The predicted molar refractivity (Wildman–Crippen MR) is 78.3 cm³/mol. The first-order valence-corrected chi connectivity index (χ1v) is 6.59. The summed E-state index contributed by atoms with van der Waals surface area (Å²) >= 11 is 0. The van der Waals surface area contributed by atoms with Gasteiger partial charge in [-0.25, -0.2) is 4.79 Å². The fraction of sp³-hybridized carbons (Fsp3) is 0.267. The van der Waals surface area contributed by atoms with Crippen molar-refractivity contribution < 1.29 is 14.7 Å². The molecule has 110 valence electrons. The minimum absolute atomic E-state index is 0.0780. The number of aromatic carboxylic acids is 1. The van der Waals surface area contributed by atoms with Gasteiger partial charge in [-0.3, -0.25) is 9.48 Å². The topological polar surface area (TPSA) is 84.2 Å². The van der Waals surface area contributed by atoms with Crippen molar-refractivity contribution >= 4 is 17.6 Å². The summed E-state index contributed by atoms with van der Waals surface area (Å²) in [5.41, 5.74) is 2.97. The van der Waals surface area contributed by atoms with E-state index in [1.54, 1.807) is 0 Å². The first kappa shape index (κ1) is 14.8. The van der Waals surface area contributed by atoms with Crippen molar-refractivity contribution in [2.45, 2.75) is 26.8 Å². The second-order valence-electron chi connectivity index (χ2n) is 4.92. The molecule has 1 amide bonds. The summed E-state index contributed by atoms with van der Waals surface area (Å²) in [4.78, 5) is 22.8. The lowest BCUT2D eigenvalue weighted by Crippen LogP contribution is -2.17. The average molecular weight is 287 g/mol.